The van der Waals surface area contributed by atoms with Crippen LogP contribution in [0, 0.1) is 0 Å². The number of sulfonamides is 1. The summed E-state index contributed by atoms with van der Waals surface area (Å²) in [6, 6.07) is 13.8. The van der Waals surface area contributed by atoms with Gasteiger partial charge in [0, 0.05) is 5.02 Å². The summed E-state index contributed by atoms with van der Waals surface area (Å²) >= 11 is 5.88. The Morgan fingerprint density at radius 2 is 1.74 bits per heavy atom. The Hall–Kier alpha value is -1.52. The molecule has 0 aliphatic heterocycles. The van der Waals surface area contributed by atoms with Crippen LogP contribution in [0.25, 0.3) is 0 Å². The number of hydrogen-bond donors (Lipinski definition) is 1. The molecule has 0 saturated heterocycles. The molecule has 0 fully saturated rings. The second-order valence-corrected chi connectivity index (χ2v) is 7.69. The third-order valence-corrected chi connectivity index (χ3v) is 5.26. The van der Waals surface area contributed by atoms with Crippen LogP contribution < -0.4 is 4.72 Å². The summed E-state index contributed by atoms with van der Waals surface area (Å²) in [7, 11) is -3.58. The van der Waals surface area contributed by atoms with Gasteiger partial charge in [0.1, 0.15) is 0 Å². The Morgan fingerprint density at radius 3 is 2.39 bits per heavy atom. The van der Waals surface area contributed by atoms with E-state index in [0.29, 0.717) is 10.7 Å². The van der Waals surface area contributed by atoms with Gasteiger partial charge in [-0.15, -0.1) is 0 Å². The zero-order chi connectivity index (χ0) is 16.7. The summed E-state index contributed by atoms with van der Waals surface area (Å²) in [6.45, 7) is 2.19. The highest BCUT2D eigenvalue weighted by Gasteiger charge is 2.14. The van der Waals surface area contributed by atoms with Crippen LogP contribution in [-0.4, -0.2) is 8.42 Å². The summed E-state index contributed by atoms with van der Waals surface area (Å²) in [6.07, 6.45) is 5.80. The normalized spacial score (nSPS) is 11.4. The van der Waals surface area contributed by atoms with Crippen molar-refractivity contribution in [2.24, 2.45) is 0 Å². The lowest BCUT2D eigenvalue weighted by molar-refractivity contribution is 0.601. The van der Waals surface area contributed by atoms with Gasteiger partial charge in [-0.25, -0.2) is 8.42 Å². The second kappa shape index (κ2) is 8.37. The number of aryl methyl sites for hydroxylation is 1. The number of anilines is 1. The molecular weight excluding hydrogens is 330 g/mol. The van der Waals surface area contributed by atoms with E-state index in [0.717, 1.165) is 12.8 Å². The van der Waals surface area contributed by atoms with Gasteiger partial charge < -0.3 is 0 Å². The molecule has 0 saturated carbocycles. The largest absolute Gasteiger partial charge is 0.280 e. The molecule has 2 aromatic carbocycles. The minimum absolute atomic E-state index is 0.259. The Balaban J connectivity index is 2.02. The van der Waals surface area contributed by atoms with Crippen molar-refractivity contribution < 1.29 is 8.42 Å². The fourth-order valence-corrected chi connectivity index (χ4v) is 3.60. The summed E-state index contributed by atoms with van der Waals surface area (Å²) in [4.78, 5) is 0.259. The number of hydrogen-bond acceptors (Lipinski definition) is 2. The lowest BCUT2D eigenvalue weighted by atomic mass is 10.1. The van der Waals surface area contributed by atoms with Crippen LogP contribution in [0.4, 0.5) is 5.69 Å². The molecule has 5 heteroatoms. The van der Waals surface area contributed by atoms with Gasteiger partial charge in [-0.1, -0.05) is 56.0 Å². The number of unbranched alkanes of at least 4 members (excludes halogenated alkanes) is 3. The summed E-state index contributed by atoms with van der Waals surface area (Å²) < 4.78 is 27.3. The van der Waals surface area contributed by atoms with E-state index in [1.807, 2.05) is 12.1 Å². The Morgan fingerprint density at radius 1 is 1.00 bits per heavy atom. The maximum Gasteiger partial charge on any atom is 0.261 e. The number of nitrogens with one attached hydrogen (secondary N) is 1. The van der Waals surface area contributed by atoms with Gasteiger partial charge in [-0.2, -0.15) is 0 Å². The van der Waals surface area contributed by atoms with Crippen molar-refractivity contribution in [1.29, 1.82) is 0 Å². The van der Waals surface area contributed by atoms with Gasteiger partial charge >= 0.3 is 0 Å². The molecule has 2 aromatic rings. The average Bonchev–Trinajstić information content (AvgIpc) is 2.52. The van der Waals surface area contributed by atoms with E-state index >= 15 is 0 Å². The predicted octanol–water partition coefficient (Wildman–Crippen LogP) is 5.26. The molecule has 23 heavy (non-hydrogen) atoms. The number of benzene rings is 2. The van der Waals surface area contributed by atoms with Crippen LogP contribution in [0.3, 0.4) is 0 Å². The van der Waals surface area contributed by atoms with Crippen molar-refractivity contribution in [3.63, 3.8) is 0 Å². The first kappa shape index (κ1) is 17.8. The minimum atomic E-state index is -3.58. The minimum Gasteiger partial charge on any atom is -0.280 e. The second-order valence-electron chi connectivity index (χ2n) is 5.57. The maximum absolute atomic E-state index is 12.4. The van der Waals surface area contributed by atoms with E-state index in [-0.39, 0.29) is 4.90 Å². The lowest BCUT2D eigenvalue weighted by Gasteiger charge is -2.09. The van der Waals surface area contributed by atoms with E-state index < -0.39 is 10.0 Å². The van der Waals surface area contributed by atoms with Gasteiger partial charge in [0.05, 0.1) is 10.6 Å². The molecule has 0 heterocycles. The fourth-order valence-electron chi connectivity index (χ4n) is 2.36. The molecule has 0 bridgehead atoms. The number of halogens is 1. The number of rotatable bonds is 8. The third kappa shape index (κ3) is 5.56. The lowest BCUT2D eigenvalue weighted by Crippen LogP contribution is -2.12. The molecule has 0 radical (unpaired) electrons. The molecule has 0 aliphatic rings. The Kier molecular flexibility index (Phi) is 6.48. The predicted molar refractivity (Wildman–Crippen MR) is 96.5 cm³/mol. The van der Waals surface area contributed by atoms with Gasteiger partial charge in [0.25, 0.3) is 10.0 Å². The monoisotopic (exact) mass is 351 g/mol. The zero-order valence-electron chi connectivity index (χ0n) is 13.3. The van der Waals surface area contributed by atoms with E-state index in [2.05, 4.69) is 11.6 Å². The van der Waals surface area contributed by atoms with Crippen molar-refractivity contribution in [3.8, 4) is 0 Å². The van der Waals surface area contributed by atoms with Crippen molar-refractivity contribution in [2.75, 3.05) is 4.72 Å². The van der Waals surface area contributed by atoms with E-state index in [4.69, 9.17) is 11.6 Å². The first-order chi connectivity index (χ1) is 11.0. The molecular formula is C18H22ClNO2S. The summed E-state index contributed by atoms with van der Waals surface area (Å²) in [5.41, 5.74) is 1.63. The molecule has 0 spiro atoms. The average molecular weight is 352 g/mol. The quantitative estimate of drug-likeness (QED) is 0.659. The highest BCUT2D eigenvalue weighted by atomic mass is 35.5. The van der Waals surface area contributed by atoms with Crippen LogP contribution in [0.2, 0.25) is 5.02 Å². The molecule has 3 nitrogen and oxygen atoms in total. The Bertz CT molecular complexity index is 727. The third-order valence-electron chi connectivity index (χ3n) is 3.63. The van der Waals surface area contributed by atoms with Crippen LogP contribution in [0.15, 0.2) is 53.4 Å². The molecule has 2 rings (SSSR count). The highest BCUT2D eigenvalue weighted by molar-refractivity contribution is 7.92. The van der Waals surface area contributed by atoms with Crippen LogP contribution in [-0.2, 0) is 16.4 Å². The first-order valence-corrected chi connectivity index (χ1v) is 9.75. The molecule has 124 valence electrons. The molecule has 0 aliphatic carbocycles. The van der Waals surface area contributed by atoms with E-state index in [1.165, 1.54) is 24.8 Å². The van der Waals surface area contributed by atoms with E-state index in [1.54, 1.807) is 36.4 Å². The molecule has 0 unspecified atom stereocenters. The van der Waals surface area contributed by atoms with Crippen molar-refractivity contribution in [1.82, 2.24) is 0 Å². The topological polar surface area (TPSA) is 46.2 Å². The highest BCUT2D eigenvalue weighted by Crippen LogP contribution is 2.20. The smallest absolute Gasteiger partial charge is 0.261 e. The van der Waals surface area contributed by atoms with E-state index in [9.17, 15) is 8.42 Å². The summed E-state index contributed by atoms with van der Waals surface area (Å²) in [5.74, 6) is 0. The van der Waals surface area contributed by atoms with Gasteiger partial charge in [0.15, 0.2) is 0 Å². The SMILES string of the molecule is CCCCCCc1ccc(S(=O)(=O)Nc2cccc(Cl)c2)cc1. The van der Waals surface area contributed by atoms with Crippen molar-refractivity contribution in [3.05, 3.63) is 59.1 Å². The molecule has 0 aromatic heterocycles. The van der Waals surface area contributed by atoms with Crippen LogP contribution in [0.1, 0.15) is 38.2 Å². The van der Waals surface area contributed by atoms with Gasteiger partial charge in [-0.05, 0) is 48.7 Å². The molecule has 0 amide bonds. The van der Waals surface area contributed by atoms with Crippen LogP contribution in [0.5, 0.6) is 0 Å². The molecule has 1 N–H and O–H groups in total. The van der Waals surface area contributed by atoms with Crippen LogP contribution >= 0.6 is 11.6 Å². The van der Waals surface area contributed by atoms with Crippen molar-refractivity contribution >= 4 is 27.3 Å². The Labute approximate surface area is 143 Å². The zero-order valence-corrected chi connectivity index (χ0v) is 14.8. The summed E-state index contributed by atoms with van der Waals surface area (Å²) in [5, 5.41) is 0.493. The maximum atomic E-state index is 12.4. The first-order valence-electron chi connectivity index (χ1n) is 7.88. The molecule has 0 atom stereocenters. The van der Waals surface area contributed by atoms with Gasteiger partial charge in [0.2, 0.25) is 0 Å². The van der Waals surface area contributed by atoms with Gasteiger partial charge in [-0.3, -0.25) is 4.72 Å². The fraction of sp³-hybridized carbons (Fsp3) is 0.333. The standard InChI is InChI=1S/C18H22ClNO2S/c1-2-3-4-5-7-15-10-12-18(13-11-15)23(21,22)20-17-9-6-8-16(19)14-17/h6,8-14,20H,2-5,7H2,1H3. The van der Waals surface area contributed by atoms with Crippen molar-refractivity contribution in [2.45, 2.75) is 43.9 Å².